The normalized spacial score (nSPS) is 10.6. The van der Waals surface area contributed by atoms with Crippen molar-refractivity contribution in [3.8, 4) is 11.5 Å². The summed E-state index contributed by atoms with van der Waals surface area (Å²) in [6, 6.07) is 15.5. The molecule has 3 heteroatoms. The minimum absolute atomic E-state index is 0.337. The van der Waals surface area contributed by atoms with Crippen molar-refractivity contribution in [2.45, 2.75) is 25.7 Å². The van der Waals surface area contributed by atoms with Crippen molar-refractivity contribution in [3.05, 3.63) is 59.7 Å². The lowest BCUT2D eigenvalue weighted by Crippen LogP contribution is -2.08. The summed E-state index contributed by atoms with van der Waals surface area (Å²) in [7, 11) is 1.98. The topological polar surface area (TPSA) is 41.5 Å². The SMILES string of the molecule is CNCCCCCOc1ccccc1Cc1ccccc1O. The van der Waals surface area contributed by atoms with E-state index in [1.807, 2.05) is 43.4 Å². The summed E-state index contributed by atoms with van der Waals surface area (Å²) in [6.45, 7) is 1.80. The van der Waals surface area contributed by atoms with Crippen molar-refractivity contribution in [1.82, 2.24) is 5.32 Å². The molecule has 22 heavy (non-hydrogen) atoms. The summed E-state index contributed by atoms with van der Waals surface area (Å²) in [5.74, 6) is 1.25. The largest absolute Gasteiger partial charge is 0.508 e. The first-order chi connectivity index (χ1) is 10.8. The van der Waals surface area contributed by atoms with Gasteiger partial charge in [0.2, 0.25) is 0 Å². The molecule has 0 aliphatic heterocycles. The van der Waals surface area contributed by atoms with E-state index in [9.17, 15) is 5.11 Å². The second kappa shape index (κ2) is 9.11. The van der Waals surface area contributed by atoms with Crippen molar-refractivity contribution >= 4 is 0 Å². The van der Waals surface area contributed by atoms with Gasteiger partial charge in [0, 0.05) is 6.42 Å². The number of hydrogen-bond acceptors (Lipinski definition) is 3. The highest BCUT2D eigenvalue weighted by atomic mass is 16.5. The minimum atomic E-state index is 0.337. The number of para-hydroxylation sites is 2. The van der Waals surface area contributed by atoms with Crippen molar-refractivity contribution in [2.24, 2.45) is 0 Å². The van der Waals surface area contributed by atoms with Crippen LogP contribution in [0, 0.1) is 0 Å². The molecule has 0 aliphatic rings. The van der Waals surface area contributed by atoms with E-state index >= 15 is 0 Å². The average molecular weight is 299 g/mol. The third-order valence-electron chi connectivity index (χ3n) is 3.67. The van der Waals surface area contributed by atoms with Gasteiger partial charge < -0.3 is 15.2 Å². The molecular weight excluding hydrogens is 274 g/mol. The fourth-order valence-corrected chi connectivity index (χ4v) is 2.42. The van der Waals surface area contributed by atoms with E-state index < -0.39 is 0 Å². The Labute approximate surface area is 133 Å². The van der Waals surface area contributed by atoms with Gasteiger partial charge in [-0.3, -0.25) is 0 Å². The minimum Gasteiger partial charge on any atom is -0.508 e. The zero-order valence-electron chi connectivity index (χ0n) is 13.2. The molecule has 0 unspecified atom stereocenters. The molecule has 0 bridgehead atoms. The van der Waals surface area contributed by atoms with Gasteiger partial charge in [0.05, 0.1) is 6.61 Å². The average Bonchev–Trinajstić information content (AvgIpc) is 2.54. The highest BCUT2D eigenvalue weighted by Gasteiger charge is 2.07. The van der Waals surface area contributed by atoms with E-state index in [1.54, 1.807) is 6.07 Å². The Morgan fingerprint density at radius 1 is 0.909 bits per heavy atom. The quantitative estimate of drug-likeness (QED) is 0.693. The van der Waals surface area contributed by atoms with Gasteiger partial charge in [0.15, 0.2) is 0 Å². The van der Waals surface area contributed by atoms with E-state index in [4.69, 9.17) is 4.74 Å². The highest BCUT2D eigenvalue weighted by molar-refractivity contribution is 5.41. The number of benzene rings is 2. The van der Waals surface area contributed by atoms with Crippen molar-refractivity contribution in [3.63, 3.8) is 0 Å². The molecule has 2 aromatic carbocycles. The molecule has 0 saturated carbocycles. The molecule has 0 fully saturated rings. The van der Waals surface area contributed by atoms with Gasteiger partial charge in [-0.2, -0.15) is 0 Å². The molecule has 3 nitrogen and oxygen atoms in total. The third-order valence-corrected chi connectivity index (χ3v) is 3.67. The Balaban J connectivity index is 1.91. The van der Waals surface area contributed by atoms with Crippen LogP contribution in [0.25, 0.3) is 0 Å². The number of phenolic OH excluding ortho intramolecular Hbond substituents is 1. The molecule has 2 rings (SSSR count). The lowest BCUT2D eigenvalue weighted by atomic mass is 10.0. The molecule has 0 atom stereocenters. The van der Waals surface area contributed by atoms with Crippen LogP contribution in [0.1, 0.15) is 30.4 Å². The predicted octanol–water partition coefficient (Wildman–Crippen LogP) is 3.75. The molecule has 2 aromatic rings. The molecule has 0 saturated heterocycles. The summed E-state index contributed by atoms with van der Waals surface area (Å²) in [5, 5.41) is 13.1. The van der Waals surface area contributed by atoms with Gasteiger partial charge in [-0.25, -0.2) is 0 Å². The van der Waals surface area contributed by atoms with Crippen LogP contribution < -0.4 is 10.1 Å². The maximum absolute atomic E-state index is 9.91. The van der Waals surface area contributed by atoms with Gasteiger partial charge >= 0.3 is 0 Å². The molecule has 0 heterocycles. The summed E-state index contributed by atoms with van der Waals surface area (Å²) in [4.78, 5) is 0. The highest BCUT2D eigenvalue weighted by Crippen LogP contribution is 2.25. The fourth-order valence-electron chi connectivity index (χ4n) is 2.42. The van der Waals surface area contributed by atoms with Crippen LogP contribution in [0.2, 0.25) is 0 Å². The predicted molar refractivity (Wildman–Crippen MR) is 90.6 cm³/mol. The van der Waals surface area contributed by atoms with Gasteiger partial charge in [-0.15, -0.1) is 0 Å². The van der Waals surface area contributed by atoms with Crippen LogP contribution in [0.15, 0.2) is 48.5 Å². The van der Waals surface area contributed by atoms with E-state index in [2.05, 4.69) is 11.4 Å². The van der Waals surface area contributed by atoms with Crippen LogP contribution in [-0.4, -0.2) is 25.3 Å². The van der Waals surface area contributed by atoms with Crippen LogP contribution in [0.3, 0.4) is 0 Å². The number of hydrogen-bond donors (Lipinski definition) is 2. The number of nitrogens with one attached hydrogen (secondary N) is 1. The Morgan fingerprint density at radius 2 is 1.64 bits per heavy atom. The zero-order valence-corrected chi connectivity index (χ0v) is 13.2. The Bertz CT molecular complexity index is 569. The lowest BCUT2D eigenvalue weighted by molar-refractivity contribution is 0.302. The Kier molecular flexibility index (Phi) is 6.78. The molecule has 0 amide bonds. The van der Waals surface area contributed by atoms with Crippen molar-refractivity contribution in [1.29, 1.82) is 0 Å². The fraction of sp³-hybridized carbons (Fsp3) is 0.368. The molecule has 0 radical (unpaired) electrons. The summed E-state index contributed by atoms with van der Waals surface area (Å²) in [6.07, 6.45) is 4.09. The number of aromatic hydroxyl groups is 1. The van der Waals surface area contributed by atoms with Gasteiger partial charge in [-0.1, -0.05) is 36.4 Å². The second-order valence-electron chi connectivity index (χ2n) is 5.43. The van der Waals surface area contributed by atoms with Gasteiger partial charge in [0.25, 0.3) is 0 Å². The molecule has 0 spiro atoms. The third kappa shape index (κ3) is 5.08. The Morgan fingerprint density at radius 3 is 2.41 bits per heavy atom. The van der Waals surface area contributed by atoms with E-state index in [0.29, 0.717) is 12.2 Å². The summed E-state index contributed by atoms with van der Waals surface area (Å²) >= 11 is 0. The summed E-state index contributed by atoms with van der Waals surface area (Å²) in [5.41, 5.74) is 2.03. The van der Waals surface area contributed by atoms with E-state index in [0.717, 1.165) is 36.4 Å². The maximum Gasteiger partial charge on any atom is 0.122 e. The maximum atomic E-state index is 9.91. The van der Waals surface area contributed by atoms with Crippen molar-refractivity contribution in [2.75, 3.05) is 20.2 Å². The smallest absolute Gasteiger partial charge is 0.122 e. The number of ether oxygens (including phenoxy) is 1. The monoisotopic (exact) mass is 299 g/mol. The number of rotatable bonds is 9. The van der Waals surface area contributed by atoms with Crippen LogP contribution in [0.4, 0.5) is 0 Å². The first-order valence-corrected chi connectivity index (χ1v) is 7.93. The number of phenols is 1. The van der Waals surface area contributed by atoms with Crippen molar-refractivity contribution < 1.29 is 9.84 Å². The first-order valence-electron chi connectivity index (χ1n) is 7.93. The Hall–Kier alpha value is -2.00. The summed E-state index contributed by atoms with van der Waals surface area (Å²) < 4.78 is 5.93. The van der Waals surface area contributed by atoms with E-state index in [-0.39, 0.29) is 0 Å². The zero-order chi connectivity index (χ0) is 15.6. The molecule has 118 valence electrons. The van der Waals surface area contributed by atoms with Gasteiger partial charge in [0.1, 0.15) is 11.5 Å². The molecule has 2 N–H and O–H groups in total. The van der Waals surface area contributed by atoms with Crippen LogP contribution >= 0.6 is 0 Å². The van der Waals surface area contributed by atoms with Crippen LogP contribution in [-0.2, 0) is 6.42 Å². The molecule has 0 aliphatic carbocycles. The standard InChI is InChI=1S/C19H25NO2/c1-20-13-7-2-8-14-22-19-12-6-4-10-17(19)15-16-9-3-5-11-18(16)21/h3-6,9-12,20-21H,2,7-8,13-15H2,1H3. The molecule has 0 aromatic heterocycles. The first kappa shape index (κ1) is 16.4. The van der Waals surface area contributed by atoms with Gasteiger partial charge in [-0.05, 0) is 56.1 Å². The molecular formula is C19H25NO2. The lowest BCUT2D eigenvalue weighted by Gasteiger charge is -2.12. The number of unbranched alkanes of at least 4 members (excludes halogenated alkanes) is 2. The second-order valence-corrected chi connectivity index (χ2v) is 5.43. The van der Waals surface area contributed by atoms with E-state index in [1.165, 1.54) is 12.8 Å². The van der Waals surface area contributed by atoms with Crippen LogP contribution in [0.5, 0.6) is 11.5 Å².